The third kappa shape index (κ3) is 5.96. The summed E-state index contributed by atoms with van der Waals surface area (Å²) in [5.74, 6) is 0.188. The first-order chi connectivity index (χ1) is 10.4. The molecule has 0 aliphatic rings. The van der Waals surface area contributed by atoms with E-state index in [2.05, 4.69) is 15.0 Å². The number of sulfonamides is 1. The smallest absolute Gasteiger partial charge is 0.258 e. The van der Waals surface area contributed by atoms with Crippen LogP contribution in [0.1, 0.15) is 6.92 Å². The van der Waals surface area contributed by atoms with Crippen LogP contribution < -0.4 is 10.0 Å². The summed E-state index contributed by atoms with van der Waals surface area (Å²) in [5.41, 5.74) is 0. The minimum atomic E-state index is -3.69. The van der Waals surface area contributed by atoms with E-state index in [1.165, 1.54) is 11.0 Å². The zero-order valence-corrected chi connectivity index (χ0v) is 13.8. The largest absolute Gasteiger partial charge is 0.380 e. The van der Waals surface area contributed by atoms with E-state index < -0.39 is 10.0 Å². The van der Waals surface area contributed by atoms with Crippen molar-refractivity contribution in [2.45, 2.75) is 11.9 Å². The average molecular weight is 330 g/mol. The lowest BCUT2D eigenvalue weighted by molar-refractivity contribution is -0.126. The molecule has 22 heavy (non-hydrogen) atoms. The second-order valence-corrected chi connectivity index (χ2v) is 6.31. The number of likely N-dealkylation sites (N-methyl/N-ethyl adjacent to an activating group) is 1. The Morgan fingerprint density at radius 2 is 2.09 bits per heavy atom. The normalized spacial score (nSPS) is 11.2. The van der Waals surface area contributed by atoms with E-state index in [0.29, 0.717) is 19.0 Å². The monoisotopic (exact) mass is 330 g/mol. The third-order valence-corrected chi connectivity index (χ3v) is 4.02. The molecule has 0 atom stereocenters. The Bertz CT molecular complexity index is 589. The maximum atomic E-state index is 12.1. The van der Waals surface area contributed by atoms with Crippen LogP contribution in [-0.2, 0) is 19.6 Å². The SMILES string of the molecule is CCOCCNS(=O)(=O)c1cccc(NCC(=O)N(C)C)n1. The first-order valence-electron chi connectivity index (χ1n) is 6.85. The number of aromatic nitrogens is 1. The van der Waals surface area contributed by atoms with Crippen molar-refractivity contribution in [3.8, 4) is 0 Å². The Hall–Kier alpha value is -1.71. The van der Waals surface area contributed by atoms with Crippen molar-refractivity contribution in [1.82, 2.24) is 14.6 Å². The average Bonchev–Trinajstić information content (AvgIpc) is 2.49. The molecule has 1 aromatic rings. The highest BCUT2D eigenvalue weighted by Crippen LogP contribution is 2.09. The molecule has 0 bridgehead atoms. The fraction of sp³-hybridized carbons (Fsp3) is 0.538. The highest BCUT2D eigenvalue weighted by atomic mass is 32.2. The number of carbonyl (C=O) groups excluding carboxylic acids is 1. The Morgan fingerprint density at radius 3 is 2.73 bits per heavy atom. The molecule has 1 aromatic heterocycles. The molecule has 8 nitrogen and oxygen atoms in total. The molecule has 0 radical (unpaired) electrons. The molecule has 1 heterocycles. The van der Waals surface area contributed by atoms with Crippen LogP contribution in [0.15, 0.2) is 23.2 Å². The molecule has 0 spiro atoms. The second-order valence-electron chi connectivity index (χ2n) is 4.60. The van der Waals surface area contributed by atoms with Crippen LogP contribution in [0.3, 0.4) is 0 Å². The maximum Gasteiger partial charge on any atom is 0.258 e. The van der Waals surface area contributed by atoms with Gasteiger partial charge in [-0.15, -0.1) is 0 Å². The maximum absolute atomic E-state index is 12.1. The van der Waals surface area contributed by atoms with Gasteiger partial charge in [-0.3, -0.25) is 4.79 Å². The summed E-state index contributed by atoms with van der Waals surface area (Å²) in [4.78, 5) is 16.9. The van der Waals surface area contributed by atoms with Crippen molar-refractivity contribution >= 4 is 21.7 Å². The summed E-state index contributed by atoms with van der Waals surface area (Å²) < 4.78 is 31.6. The first-order valence-corrected chi connectivity index (χ1v) is 8.33. The number of nitrogens with one attached hydrogen (secondary N) is 2. The molecular formula is C13H22N4O4S. The van der Waals surface area contributed by atoms with Gasteiger partial charge in [-0.2, -0.15) is 0 Å². The molecule has 0 aliphatic carbocycles. The third-order valence-electron chi connectivity index (χ3n) is 2.66. The fourth-order valence-electron chi connectivity index (χ4n) is 1.45. The van der Waals surface area contributed by atoms with Crippen molar-refractivity contribution < 1.29 is 17.9 Å². The van der Waals surface area contributed by atoms with E-state index in [0.717, 1.165) is 0 Å². The van der Waals surface area contributed by atoms with Gasteiger partial charge in [0.25, 0.3) is 10.0 Å². The van der Waals surface area contributed by atoms with Crippen LogP contribution in [0.5, 0.6) is 0 Å². The van der Waals surface area contributed by atoms with Crippen LogP contribution in [0.25, 0.3) is 0 Å². The van der Waals surface area contributed by atoms with Gasteiger partial charge in [-0.05, 0) is 19.1 Å². The minimum Gasteiger partial charge on any atom is -0.380 e. The van der Waals surface area contributed by atoms with Gasteiger partial charge in [0, 0.05) is 27.2 Å². The Kier molecular flexibility index (Phi) is 7.22. The van der Waals surface area contributed by atoms with Crippen LogP contribution in [-0.4, -0.2) is 64.6 Å². The van der Waals surface area contributed by atoms with E-state index in [9.17, 15) is 13.2 Å². The van der Waals surface area contributed by atoms with Crippen molar-refractivity contribution in [2.24, 2.45) is 0 Å². The number of ether oxygens (including phenoxy) is 1. The number of hydrogen-bond acceptors (Lipinski definition) is 6. The van der Waals surface area contributed by atoms with Crippen molar-refractivity contribution in [2.75, 3.05) is 45.7 Å². The van der Waals surface area contributed by atoms with Gasteiger partial charge in [-0.25, -0.2) is 18.1 Å². The van der Waals surface area contributed by atoms with Crippen LogP contribution in [0, 0.1) is 0 Å². The molecule has 0 saturated heterocycles. The number of pyridine rings is 1. The lowest BCUT2D eigenvalue weighted by Crippen LogP contribution is -2.30. The Labute approximate surface area is 130 Å². The number of rotatable bonds is 9. The van der Waals surface area contributed by atoms with Gasteiger partial charge < -0.3 is 15.0 Å². The summed E-state index contributed by atoms with van der Waals surface area (Å²) in [6, 6.07) is 4.55. The molecule has 0 unspecified atom stereocenters. The van der Waals surface area contributed by atoms with Gasteiger partial charge in [0.05, 0.1) is 13.2 Å². The van der Waals surface area contributed by atoms with Crippen LogP contribution >= 0.6 is 0 Å². The quantitative estimate of drug-likeness (QED) is 0.613. The van der Waals surface area contributed by atoms with Gasteiger partial charge in [-0.1, -0.05) is 6.07 Å². The summed E-state index contributed by atoms with van der Waals surface area (Å²) in [5, 5.41) is 2.69. The fourth-order valence-corrected chi connectivity index (χ4v) is 2.43. The van der Waals surface area contributed by atoms with Gasteiger partial charge >= 0.3 is 0 Å². The number of carbonyl (C=O) groups is 1. The molecule has 0 saturated carbocycles. The van der Waals surface area contributed by atoms with Gasteiger partial charge in [0.1, 0.15) is 5.82 Å². The molecule has 9 heteroatoms. The molecule has 2 N–H and O–H groups in total. The molecule has 124 valence electrons. The van der Waals surface area contributed by atoms with Crippen molar-refractivity contribution in [1.29, 1.82) is 0 Å². The molecule has 1 amide bonds. The summed E-state index contributed by atoms with van der Waals surface area (Å²) >= 11 is 0. The number of anilines is 1. The number of amides is 1. The van der Waals surface area contributed by atoms with Crippen LogP contribution in [0.4, 0.5) is 5.82 Å². The van der Waals surface area contributed by atoms with E-state index in [1.807, 2.05) is 6.92 Å². The second kappa shape index (κ2) is 8.66. The van der Waals surface area contributed by atoms with E-state index in [-0.39, 0.29) is 24.0 Å². The lowest BCUT2D eigenvalue weighted by atomic mass is 10.4. The molecule has 0 aliphatic heterocycles. The Balaban J connectivity index is 2.68. The highest BCUT2D eigenvalue weighted by Gasteiger charge is 2.15. The first kappa shape index (κ1) is 18.3. The topological polar surface area (TPSA) is 101 Å². The van der Waals surface area contributed by atoms with E-state index in [1.54, 1.807) is 26.2 Å². The summed E-state index contributed by atoms with van der Waals surface area (Å²) in [7, 11) is -0.416. The predicted octanol–water partition coefficient (Wildman–Crippen LogP) is -0.103. The minimum absolute atomic E-state index is 0.0429. The molecule has 0 fully saturated rings. The van der Waals surface area contributed by atoms with Crippen molar-refractivity contribution in [3.63, 3.8) is 0 Å². The Morgan fingerprint density at radius 1 is 1.36 bits per heavy atom. The van der Waals surface area contributed by atoms with Gasteiger partial charge in [0.2, 0.25) is 5.91 Å². The van der Waals surface area contributed by atoms with Gasteiger partial charge in [0.15, 0.2) is 5.03 Å². The van der Waals surface area contributed by atoms with E-state index in [4.69, 9.17) is 4.74 Å². The zero-order valence-electron chi connectivity index (χ0n) is 13.0. The lowest BCUT2D eigenvalue weighted by Gasteiger charge is -2.12. The zero-order chi connectivity index (χ0) is 16.6. The molecule has 0 aromatic carbocycles. The highest BCUT2D eigenvalue weighted by molar-refractivity contribution is 7.89. The standard InChI is InChI=1S/C13H22N4O4S/c1-4-21-9-8-15-22(19,20)12-7-5-6-11(16-12)14-10-13(18)17(2)3/h5-7,15H,4,8-10H2,1-3H3,(H,14,16). The number of hydrogen-bond donors (Lipinski definition) is 2. The van der Waals surface area contributed by atoms with E-state index >= 15 is 0 Å². The molecule has 1 rings (SSSR count). The number of nitrogens with zero attached hydrogens (tertiary/aromatic N) is 2. The van der Waals surface area contributed by atoms with Crippen LogP contribution in [0.2, 0.25) is 0 Å². The predicted molar refractivity (Wildman–Crippen MR) is 83.1 cm³/mol. The summed E-state index contributed by atoms with van der Waals surface area (Å²) in [6.07, 6.45) is 0. The van der Waals surface area contributed by atoms with Crippen molar-refractivity contribution in [3.05, 3.63) is 18.2 Å². The molecular weight excluding hydrogens is 308 g/mol. The summed E-state index contributed by atoms with van der Waals surface area (Å²) in [6.45, 7) is 2.88.